The zero-order valence-electron chi connectivity index (χ0n) is 12.5. The zero-order chi connectivity index (χ0) is 15.2. The van der Waals surface area contributed by atoms with Gasteiger partial charge in [0.15, 0.2) is 0 Å². The molecule has 0 saturated heterocycles. The molecule has 0 amide bonds. The van der Waals surface area contributed by atoms with Gasteiger partial charge in [0.1, 0.15) is 0 Å². The average Bonchev–Trinajstić information content (AvgIpc) is 2.51. The highest BCUT2D eigenvalue weighted by Crippen LogP contribution is 2.29. The summed E-state index contributed by atoms with van der Waals surface area (Å²) >= 11 is 9.63. The van der Waals surface area contributed by atoms with Crippen molar-refractivity contribution in [1.82, 2.24) is 5.32 Å². The number of hydrogen-bond acceptors (Lipinski definition) is 1. The summed E-state index contributed by atoms with van der Waals surface area (Å²) in [4.78, 5) is 0. The van der Waals surface area contributed by atoms with Gasteiger partial charge in [-0.3, -0.25) is 0 Å². The summed E-state index contributed by atoms with van der Waals surface area (Å²) in [5.74, 6) is 0. The maximum Gasteiger partial charge on any atom is 0.0577 e. The van der Waals surface area contributed by atoms with Crippen molar-refractivity contribution in [3.8, 4) is 0 Å². The first-order valence-electron chi connectivity index (χ1n) is 7.42. The smallest absolute Gasteiger partial charge is 0.0577 e. The third-order valence-corrected chi connectivity index (χ3v) is 4.81. The lowest BCUT2D eigenvalue weighted by Gasteiger charge is -2.20. The second-order valence-corrected chi connectivity index (χ2v) is 6.42. The van der Waals surface area contributed by atoms with E-state index >= 15 is 0 Å². The monoisotopic (exact) mass is 365 g/mol. The van der Waals surface area contributed by atoms with Crippen LogP contribution in [0, 0.1) is 0 Å². The van der Waals surface area contributed by atoms with Crippen LogP contribution in [0.2, 0.25) is 5.02 Å². The highest BCUT2D eigenvalue weighted by atomic mass is 79.9. The number of nitrogens with one attached hydrogen (secondary N) is 1. The van der Waals surface area contributed by atoms with Crippen molar-refractivity contribution in [2.45, 2.75) is 32.7 Å². The molecular weight excluding hydrogens is 346 g/mol. The van der Waals surface area contributed by atoms with Crippen molar-refractivity contribution >= 4 is 27.5 Å². The molecule has 2 aromatic rings. The standard InChI is InChI=1S/C18H21BrClN/c1-3-11-21-18(14-7-5-13(4-2)6-8-14)15-9-10-17(20)16(19)12-15/h5-10,12,18,21H,3-4,11H2,1-2H3. The molecule has 21 heavy (non-hydrogen) atoms. The van der Waals surface area contributed by atoms with Gasteiger partial charge in [0.05, 0.1) is 11.1 Å². The van der Waals surface area contributed by atoms with Crippen LogP contribution in [-0.4, -0.2) is 6.54 Å². The Labute approximate surface area is 140 Å². The highest BCUT2D eigenvalue weighted by Gasteiger charge is 2.14. The Morgan fingerprint density at radius 2 is 1.71 bits per heavy atom. The molecule has 0 aliphatic carbocycles. The van der Waals surface area contributed by atoms with Gasteiger partial charge in [-0.05, 0) is 64.1 Å². The Kier molecular flexibility index (Phi) is 6.28. The van der Waals surface area contributed by atoms with Gasteiger partial charge in [-0.25, -0.2) is 0 Å². The van der Waals surface area contributed by atoms with Gasteiger partial charge in [-0.15, -0.1) is 0 Å². The lowest BCUT2D eigenvalue weighted by Crippen LogP contribution is -2.23. The van der Waals surface area contributed by atoms with Crippen LogP contribution in [0.15, 0.2) is 46.9 Å². The van der Waals surface area contributed by atoms with Gasteiger partial charge in [-0.2, -0.15) is 0 Å². The molecule has 1 N–H and O–H groups in total. The molecule has 0 aliphatic rings. The van der Waals surface area contributed by atoms with Crippen LogP contribution in [0.4, 0.5) is 0 Å². The highest BCUT2D eigenvalue weighted by molar-refractivity contribution is 9.10. The molecule has 0 heterocycles. The van der Waals surface area contributed by atoms with Crippen molar-refractivity contribution in [1.29, 1.82) is 0 Å². The number of benzene rings is 2. The van der Waals surface area contributed by atoms with Crippen LogP contribution >= 0.6 is 27.5 Å². The molecule has 1 nitrogen and oxygen atoms in total. The van der Waals surface area contributed by atoms with Crippen molar-refractivity contribution in [2.75, 3.05) is 6.54 Å². The summed E-state index contributed by atoms with van der Waals surface area (Å²) in [5.41, 5.74) is 3.88. The fraction of sp³-hybridized carbons (Fsp3) is 0.333. The van der Waals surface area contributed by atoms with E-state index in [2.05, 4.69) is 71.5 Å². The topological polar surface area (TPSA) is 12.0 Å². The zero-order valence-corrected chi connectivity index (χ0v) is 14.8. The maximum absolute atomic E-state index is 6.11. The average molecular weight is 367 g/mol. The van der Waals surface area contributed by atoms with Crippen LogP contribution in [-0.2, 0) is 6.42 Å². The third kappa shape index (κ3) is 4.32. The van der Waals surface area contributed by atoms with Crippen molar-refractivity contribution < 1.29 is 0 Å². The van der Waals surface area contributed by atoms with Crippen molar-refractivity contribution in [2.24, 2.45) is 0 Å². The minimum Gasteiger partial charge on any atom is -0.306 e. The second-order valence-electron chi connectivity index (χ2n) is 5.16. The molecule has 0 saturated carbocycles. The van der Waals surface area contributed by atoms with E-state index in [-0.39, 0.29) is 6.04 Å². The van der Waals surface area contributed by atoms with E-state index in [1.54, 1.807) is 0 Å². The fourth-order valence-corrected chi connectivity index (χ4v) is 2.87. The van der Waals surface area contributed by atoms with Gasteiger partial charge in [0.2, 0.25) is 0 Å². The van der Waals surface area contributed by atoms with Crippen LogP contribution in [0.3, 0.4) is 0 Å². The molecule has 0 fully saturated rings. The minimum atomic E-state index is 0.199. The lowest BCUT2D eigenvalue weighted by atomic mass is 9.97. The number of halogens is 2. The minimum absolute atomic E-state index is 0.199. The normalized spacial score (nSPS) is 12.4. The predicted molar refractivity (Wildman–Crippen MR) is 95.1 cm³/mol. The SMILES string of the molecule is CCCNC(c1ccc(CC)cc1)c1ccc(Cl)c(Br)c1. The first-order valence-corrected chi connectivity index (χ1v) is 8.60. The van der Waals surface area contributed by atoms with Gasteiger partial charge in [0, 0.05) is 4.47 Å². The van der Waals surface area contributed by atoms with Gasteiger partial charge in [0.25, 0.3) is 0 Å². The van der Waals surface area contributed by atoms with Gasteiger partial charge < -0.3 is 5.32 Å². The Morgan fingerprint density at radius 1 is 1.05 bits per heavy atom. The largest absolute Gasteiger partial charge is 0.306 e. The Morgan fingerprint density at radius 3 is 2.29 bits per heavy atom. The molecule has 0 aliphatic heterocycles. The first kappa shape index (κ1) is 16.5. The van der Waals surface area contributed by atoms with E-state index < -0.39 is 0 Å². The fourth-order valence-electron chi connectivity index (χ4n) is 2.35. The summed E-state index contributed by atoms with van der Waals surface area (Å²) in [6.07, 6.45) is 2.18. The molecular formula is C18H21BrClN. The first-order chi connectivity index (χ1) is 10.2. The molecule has 0 spiro atoms. The molecule has 0 radical (unpaired) electrons. The maximum atomic E-state index is 6.11. The van der Waals surface area contributed by atoms with E-state index in [1.165, 1.54) is 16.7 Å². The molecule has 112 valence electrons. The predicted octanol–water partition coefficient (Wildman–Crippen LogP) is 5.75. The summed E-state index contributed by atoms with van der Waals surface area (Å²) < 4.78 is 0.940. The van der Waals surface area contributed by atoms with E-state index in [4.69, 9.17) is 11.6 Å². The summed E-state index contributed by atoms with van der Waals surface area (Å²) in [7, 11) is 0. The van der Waals surface area contributed by atoms with E-state index in [0.717, 1.165) is 28.9 Å². The van der Waals surface area contributed by atoms with Crippen LogP contribution in [0.5, 0.6) is 0 Å². The van der Waals surface area contributed by atoms with Crippen molar-refractivity contribution in [3.63, 3.8) is 0 Å². The number of aryl methyl sites for hydroxylation is 1. The summed E-state index contributed by atoms with van der Waals surface area (Å²) in [5, 5.41) is 4.37. The summed E-state index contributed by atoms with van der Waals surface area (Å²) in [6, 6.07) is 15.2. The Hall–Kier alpha value is -0.830. The van der Waals surface area contributed by atoms with Crippen LogP contribution < -0.4 is 5.32 Å². The summed E-state index contributed by atoms with van der Waals surface area (Å²) in [6.45, 7) is 5.35. The molecule has 2 rings (SSSR count). The van der Waals surface area contributed by atoms with E-state index in [9.17, 15) is 0 Å². The lowest BCUT2D eigenvalue weighted by molar-refractivity contribution is 0.598. The van der Waals surface area contributed by atoms with E-state index in [0.29, 0.717) is 0 Å². The van der Waals surface area contributed by atoms with Crippen LogP contribution in [0.25, 0.3) is 0 Å². The molecule has 1 unspecified atom stereocenters. The molecule has 0 bridgehead atoms. The molecule has 3 heteroatoms. The van der Waals surface area contributed by atoms with Gasteiger partial charge >= 0.3 is 0 Å². The molecule has 1 atom stereocenters. The molecule has 2 aromatic carbocycles. The van der Waals surface area contributed by atoms with E-state index in [1.807, 2.05) is 6.07 Å². The quantitative estimate of drug-likeness (QED) is 0.686. The van der Waals surface area contributed by atoms with Gasteiger partial charge in [-0.1, -0.05) is 55.8 Å². The Bertz CT molecular complexity index is 580. The Balaban J connectivity index is 2.33. The number of rotatable bonds is 6. The molecule has 0 aromatic heterocycles. The third-order valence-electron chi connectivity index (χ3n) is 3.60. The number of hydrogen-bond donors (Lipinski definition) is 1. The van der Waals surface area contributed by atoms with Crippen molar-refractivity contribution in [3.05, 3.63) is 68.7 Å². The van der Waals surface area contributed by atoms with Crippen LogP contribution in [0.1, 0.15) is 43.0 Å². The second kappa shape index (κ2) is 7.98.